The minimum Gasteiger partial charge on any atom is -0.365 e. The molecule has 0 radical (unpaired) electrons. The van der Waals surface area contributed by atoms with Gasteiger partial charge in [0.05, 0.1) is 5.56 Å². The van der Waals surface area contributed by atoms with Crippen LogP contribution in [0.15, 0.2) is 24.5 Å². The molecule has 23 heavy (non-hydrogen) atoms. The van der Waals surface area contributed by atoms with E-state index in [1.54, 1.807) is 18.5 Å². The average Bonchev–Trinajstić information content (AvgIpc) is 2.57. The van der Waals surface area contributed by atoms with Crippen molar-refractivity contribution >= 4 is 29.3 Å². The molecule has 1 aliphatic rings. The average molecular weight is 334 g/mol. The molecule has 120 valence electrons. The molecule has 0 bridgehead atoms. The van der Waals surface area contributed by atoms with E-state index < -0.39 is 5.91 Å². The minimum atomic E-state index is -0.594. The molecule has 9 heteroatoms. The number of anilines is 2. The second-order valence-corrected chi connectivity index (χ2v) is 5.66. The van der Waals surface area contributed by atoms with Crippen LogP contribution in [0.25, 0.3) is 0 Å². The van der Waals surface area contributed by atoms with E-state index in [2.05, 4.69) is 30.4 Å². The van der Waals surface area contributed by atoms with Crippen molar-refractivity contribution < 1.29 is 4.79 Å². The number of primary amides is 1. The summed E-state index contributed by atoms with van der Waals surface area (Å²) in [4.78, 5) is 22.2. The lowest BCUT2D eigenvalue weighted by Gasteiger charge is -2.33. The second kappa shape index (κ2) is 6.74. The Labute approximate surface area is 138 Å². The van der Waals surface area contributed by atoms with E-state index in [0.717, 1.165) is 19.4 Å². The number of nitrogens with zero attached hydrogens (tertiary/aromatic N) is 5. The van der Waals surface area contributed by atoms with Crippen molar-refractivity contribution in [3.05, 3.63) is 35.2 Å². The zero-order valence-electron chi connectivity index (χ0n) is 12.3. The lowest BCUT2D eigenvalue weighted by molar-refractivity contribution is 0.100. The zero-order valence-corrected chi connectivity index (χ0v) is 13.1. The van der Waals surface area contributed by atoms with Gasteiger partial charge in [0.1, 0.15) is 0 Å². The van der Waals surface area contributed by atoms with Crippen LogP contribution in [0, 0.1) is 0 Å². The SMILES string of the molecule is NC(=O)c1cc(Cl)nnc1N[C@@H]1CCCN(c2ncccn2)C1. The number of nitrogens with two attached hydrogens (primary N) is 1. The van der Waals surface area contributed by atoms with Crippen LogP contribution < -0.4 is 16.0 Å². The quantitative estimate of drug-likeness (QED) is 0.862. The maximum Gasteiger partial charge on any atom is 0.252 e. The summed E-state index contributed by atoms with van der Waals surface area (Å²) in [5, 5.41) is 11.1. The van der Waals surface area contributed by atoms with E-state index in [0.29, 0.717) is 18.3 Å². The van der Waals surface area contributed by atoms with Gasteiger partial charge in [0.2, 0.25) is 5.95 Å². The van der Waals surface area contributed by atoms with Crippen LogP contribution in [0.4, 0.5) is 11.8 Å². The lowest BCUT2D eigenvalue weighted by Crippen LogP contribution is -2.43. The third kappa shape index (κ3) is 3.65. The molecule has 1 fully saturated rings. The lowest BCUT2D eigenvalue weighted by atomic mass is 10.1. The maximum absolute atomic E-state index is 11.5. The van der Waals surface area contributed by atoms with Gasteiger partial charge >= 0.3 is 0 Å². The molecule has 3 heterocycles. The first-order valence-corrected chi connectivity index (χ1v) is 7.63. The molecule has 2 aromatic rings. The van der Waals surface area contributed by atoms with Gasteiger partial charge in [0, 0.05) is 31.5 Å². The smallest absolute Gasteiger partial charge is 0.252 e. The zero-order chi connectivity index (χ0) is 16.2. The first-order chi connectivity index (χ1) is 11.1. The highest BCUT2D eigenvalue weighted by Gasteiger charge is 2.23. The third-order valence-corrected chi connectivity index (χ3v) is 3.81. The Hall–Kier alpha value is -2.48. The molecule has 2 aromatic heterocycles. The number of carbonyl (C=O) groups is 1. The van der Waals surface area contributed by atoms with Crippen molar-refractivity contribution in [1.82, 2.24) is 20.2 Å². The van der Waals surface area contributed by atoms with Gasteiger partial charge in [-0.2, -0.15) is 0 Å². The molecule has 0 spiro atoms. The van der Waals surface area contributed by atoms with Gasteiger partial charge in [-0.3, -0.25) is 4.79 Å². The molecule has 8 nitrogen and oxygen atoms in total. The molecule has 0 aliphatic carbocycles. The van der Waals surface area contributed by atoms with Crippen LogP contribution in [0.3, 0.4) is 0 Å². The summed E-state index contributed by atoms with van der Waals surface area (Å²) < 4.78 is 0. The first kappa shape index (κ1) is 15.4. The van der Waals surface area contributed by atoms with Crippen LogP contribution >= 0.6 is 11.6 Å². The standard InChI is InChI=1S/C14H16ClN7O/c15-11-7-10(12(16)23)13(21-20-11)19-9-3-1-6-22(8-9)14-17-4-2-5-18-14/h2,4-5,7,9H,1,3,6,8H2,(H2,16,23)(H,19,21)/t9-/m1/s1. The van der Waals surface area contributed by atoms with Crippen molar-refractivity contribution in [2.75, 3.05) is 23.3 Å². The minimum absolute atomic E-state index is 0.0844. The highest BCUT2D eigenvalue weighted by molar-refractivity contribution is 6.29. The summed E-state index contributed by atoms with van der Waals surface area (Å²) in [5.74, 6) is 0.447. The van der Waals surface area contributed by atoms with Gasteiger partial charge in [-0.1, -0.05) is 11.6 Å². The Morgan fingerprint density at radius 2 is 2.13 bits per heavy atom. The maximum atomic E-state index is 11.5. The molecule has 1 amide bonds. The molecule has 1 atom stereocenters. The fraction of sp³-hybridized carbons (Fsp3) is 0.357. The van der Waals surface area contributed by atoms with Crippen LogP contribution in [-0.4, -0.2) is 45.2 Å². The van der Waals surface area contributed by atoms with E-state index in [-0.39, 0.29) is 16.8 Å². The molecule has 1 aliphatic heterocycles. The largest absolute Gasteiger partial charge is 0.365 e. The predicted octanol–water partition coefficient (Wildman–Crippen LogP) is 1.10. The molecular weight excluding hydrogens is 318 g/mol. The number of hydrogen-bond donors (Lipinski definition) is 2. The molecule has 0 aromatic carbocycles. The summed E-state index contributed by atoms with van der Waals surface area (Å²) >= 11 is 5.77. The Morgan fingerprint density at radius 1 is 1.35 bits per heavy atom. The summed E-state index contributed by atoms with van der Waals surface area (Å²) in [6.45, 7) is 1.59. The van der Waals surface area contributed by atoms with E-state index in [9.17, 15) is 4.79 Å². The van der Waals surface area contributed by atoms with Gasteiger partial charge in [-0.25, -0.2) is 9.97 Å². The molecule has 3 rings (SSSR count). The topological polar surface area (TPSA) is 110 Å². The van der Waals surface area contributed by atoms with Crippen molar-refractivity contribution in [2.24, 2.45) is 5.73 Å². The highest BCUT2D eigenvalue weighted by Crippen LogP contribution is 2.21. The van der Waals surface area contributed by atoms with E-state index in [1.807, 2.05) is 0 Å². The van der Waals surface area contributed by atoms with Gasteiger partial charge in [-0.15, -0.1) is 10.2 Å². The Kier molecular flexibility index (Phi) is 4.52. The normalized spacial score (nSPS) is 17.8. The van der Waals surface area contributed by atoms with Crippen molar-refractivity contribution in [1.29, 1.82) is 0 Å². The summed E-state index contributed by atoms with van der Waals surface area (Å²) in [6.07, 6.45) is 5.35. The summed E-state index contributed by atoms with van der Waals surface area (Å²) in [5.41, 5.74) is 5.61. The third-order valence-electron chi connectivity index (χ3n) is 3.63. The van der Waals surface area contributed by atoms with Crippen molar-refractivity contribution in [3.63, 3.8) is 0 Å². The van der Waals surface area contributed by atoms with E-state index in [4.69, 9.17) is 17.3 Å². The second-order valence-electron chi connectivity index (χ2n) is 5.27. The van der Waals surface area contributed by atoms with E-state index >= 15 is 0 Å². The summed E-state index contributed by atoms with van der Waals surface area (Å²) in [6, 6.07) is 3.28. The van der Waals surface area contributed by atoms with Gasteiger partial charge in [0.15, 0.2) is 11.0 Å². The number of nitrogens with one attached hydrogen (secondary N) is 1. The number of halogens is 1. The monoisotopic (exact) mass is 333 g/mol. The number of hydrogen-bond acceptors (Lipinski definition) is 7. The van der Waals surface area contributed by atoms with Gasteiger partial charge in [-0.05, 0) is 25.0 Å². The Morgan fingerprint density at radius 3 is 2.87 bits per heavy atom. The van der Waals surface area contributed by atoms with Gasteiger partial charge < -0.3 is 16.0 Å². The van der Waals surface area contributed by atoms with Crippen LogP contribution in [0.5, 0.6) is 0 Å². The Balaban J connectivity index is 1.74. The molecular formula is C14H16ClN7O. The van der Waals surface area contributed by atoms with Crippen molar-refractivity contribution in [2.45, 2.75) is 18.9 Å². The number of carbonyl (C=O) groups excluding carboxylic acids is 1. The fourth-order valence-electron chi connectivity index (χ4n) is 2.59. The van der Waals surface area contributed by atoms with E-state index in [1.165, 1.54) is 6.07 Å². The van der Waals surface area contributed by atoms with Gasteiger partial charge in [0.25, 0.3) is 5.91 Å². The first-order valence-electron chi connectivity index (χ1n) is 7.25. The molecule has 0 saturated carbocycles. The number of aromatic nitrogens is 4. The highest BCUT2D eigenvalue weighted by atomic mass is 35.5. The predicted molar refractivity (Wildman–Crippen MR) is 86.4 cm³/mol. The van der Waals surface area contributed by atoms with Crippen LogP contribution in [-0.2, 0) is 0 Å². The Bertz CT molecular complexity index is 697. The number of rotatable bonds is 4. The molecule has 0 unspecified atom stereocenters. The molecule has 3 N–H and O–H groups in total. The van der Waals surface area contributed by atoms with Crippen LogP contribution in [0.1, 0.15) is 23.2 Å². The van der Waals surface area contributed by atoms with Crippen molar-refractivity contribution in [3.8, 4) is 0 Å². The number of piperidine rings is 1. The molecule has 1 saturated heterocycles. The number of amides is 1. The summed E-state index contributed by atoms with van der Waals surface area (Å²) in [7, 11) is 0. The van der Waals surface area contributed by atoms with Crippen LogP contribution in [0.2, 0.25) is 5.15 Å². The fourth-order valence-corrected chi connectivity index (χ4v) is 2.73.